The smallest absolute Gasteiger partial charge is 0.256 e. The summed E-state index contributed by atoms with van der Waals surface area (Å²) in [6, 6.07) is 10.0. The second-order valence-electron chi connectivity index (χ2n) is 7.12. The predicted molar refractivity (Wildman–Crippen MR) is 99.3 cm³/mol. The maximum Gasteiger partial charge on any atom is 0.256 e. The maximum absolute atomic E-state index is 12.4. The molecular formula is C20H25N5O. The summed E-state index contributed by atoms with van der Waals surface area (Å²) in [5, 5.41) is 13.1. The molecule has 1 aliphatic rings. The van der Waals surface area contributed by atoms with Crippen molar-refractivity contribution in [3.63, 3.8) is 0 Å². The molecule has 1 saturated heterocycles. The lowest BCUT2D eigenvalue weighted by Crippen LogP contribution is -2.39. The number of nitriles is 1. The Kier molecular flexibility index (Phi) is 5.69. The number of rotatable bonds is 5. The van der Waals surface area contributed by atoms with Crippen molar-refractivity contribution in [2.24, 2.45) is 13.0 Å². The van der Waals surface area contributed by atoms with Crippen LogP contribution in [0.1, 0.15) is 34.3 Å². The lowest BCUT2D eigenvalue weighted by molar-refractivity contribution is 0.0737. The molecule has 2 aromatic rings. The van der Waals surface area contributed by atoms with Gasteiger partial charge in [-0.2, -0.15) is 10.4 Å². The monoisotopic (exact) mass is 351 g/mol. The van der Waals surface area contributed by atoms with Crippen molar-refractivity contribution in [2.45, 2.75) is 19.4 Å². The normalized spacial score (nSPS) is 15.6. The Morgan fingerprint density at radius 1 is 1.38 bits per heavy atom. The zero-order chi connectivity index (χ0) is 18.5. The molecule has 1 aromatic carbocycles. The molecule has 1 aliphatic heterocycles. The number of hydrogen-bond acceptors (Lipinski definition) is 4. The summed E-state index contributed by atoms with van der Waals surface area (Å²) in [5.74, 6) is 0.566. The first-order valence-electron chi connectivity index (χ1n) is 9.00. The summed E-state index contributed by atoms with van der Waals surface area (Å²) in [6.07, 6.45) is 5.55. The summed E-state index contributed by atoms with van der Waals surface area (Å²) in [5.41, 5.74) is 2.55. The maximum atomic E-state index is 12.4. The third kappa shape index (κ3) is 4.50. The van der Waals surface area contributed by atoms with Gasteiger partial charge in [-0.15, -0.1) is 0 Å². The van der Waals surface area contributed by atoms with Gasteiger partial charge in [0, 0.05) is 33.4 Å². The molecule has 1 fully saturated rings. The lowest BCUT2D eigenvalue weighted by Gasteiger charge is -2.33. The third-order valence-corrected chi connectivity index (χ3v) is 5.00. The lowest BCUT2D eigenvalue weighted by atomic mass is 9.95. The van der Waals surface area contributed by atoms with Crippen LogP contribution in [0.5, 0.6) is 0 Å². The highest BCUT2D eigenvalue weighted by Gasteiger charge is 2.23. The van der Waals surface area contributed by atoms with Crippen molar-refractivity contribution < 1.29 is 4.79 Å². The summed E-state index contributed by atoms with van der Waals surface area (Å²) in [4.78, 5) is 16.7. The van der Waals surface area contributed by atoms with Crippen LogP contribution in [0.3, 0.4) is 0 Å². The van der Waals surface area contributed by atoms with Crippen LogP contribution in [-0.4, -0.2) is 52.2 Å². The van der Waals surface area contributed by atoms with E-state index in [4.69, 9.17) is 5.26 Å². The van der Waals surface area contributed by atoms with E-state index in [1.165, 1.54) is 5.56 Å². The van der Waals surface area contributed by atoms with Crippen molar-refractivity contribution in [3.8, 4) is 6.07 Å². The van der Waals surface area contributed by atoms with Crippen LogP contribution in [0.4, 0.5) is 0 Å². The molecule has 0 unspecified atom stereocenters. The Morgan fingerprint density at radius 2 is 2.15 bits per heavy atom. The van der Waals surface area contributed by atoms with Gasteiger partial charge in [0.1, 0.15) is 0 Å². The SMILES string of the molecule is CN(CC1CCN(Cc2cccc(C#N)c2)CC1)C(=O)c1cnn(C)c1. The molecule has 6 heteroatoms. The van der Waals surface area contributed by atoms with Gasteiger partial charge in [-0.3, -0.25) is 14.4 Å². The van der Waals surface area contributed by atoms with Crippen molar-refractivity contribution in [3.05, 3.63) is 53.3 Å². The van der Waals surface area contributed by atoms with E-state index in [9.17, 15) is 4.79 Å². The van der Waals surface area contributed by atoms with Crippen LogP contribution in [0.25, 0.3) is 0 Å². The summed E-state index contributed by atoms with van der Waals surface area (Å²) >= 11 is 0. The Balaban J connectivity index is 1.47. The van der Waals surface area contributed by atoms with Crippen molar-refractivity contribution in [1.29, 1.82) is 5.26 Å². The summed E-state index contributed by atoms with van der Waals surface area (Å²) in [7, 11) is 3.69. The second-order valence-corrected chi connectivity index (χ2v) is 7.12. The average Bonchev–Trinajstić information content (AvgIpc) is 3.09. The minimum Gasteiger partial charge on any atom is -0.341 e. The summed E-state index contributed by atoms with van der Waals surface area (Å²) in [6.45, 7) is 3.71. The number of hydrogen-bond donors (Lipinski definition) is 0. The van der Waals surface area contributed by atoms with Gasteiger partial charge in [0.05, 0.1) is 23.4 Å². The van der Waals surface area contributed by atoms with Gasteiger partial charge in [-0.25, -0.2) is 0 Å². The van der Waals surface area contributed by atoms with E-state index >= 15 is 0 Å². The van der Waals surface area contributed by atoms with Gasteiger partial charge in [0.2, 0.25) is 0 Å². The van der Waals surface area contributed by atoms with Crippen LogP contribution in [-0.2, 0) is 13.6 Å². The van der Waals surface area contributed by atoms with E-state index in [2.05, 4.69) is 22.1 Å². The predicted octanol–water partition coefficient (Wildman–Crippen LogP) is 2.28. The van der Waals surface area contributed by atoms with E-state index < -0.39 is 0 Å². The molecule has 136 valence electrons. The molecule has 0 spiro atoms. The van der Waals surface area contributed by atoms with Crippen LogP contribution in [0.2, 0.25) is 0 Å². The van der Waals surface area contributed by atoms with Crippen LogP contribution < -0.4 is 0 Å². The van der Waals surface area contributed by atoms with Gasteiger partial charge in [0.15, 0.2) is 0 Å². The van der Waals surface area contributed by atoms with Crippen LogP contribution >= 0.6 is 0 Å². The molecule has 0 atom stereocenters. The van der Waals surface area contributed by atoms with Crippen LogP contribution in [0, 0.1) is 17.2 Å². The fourth-order valence-electron chi connectivity index (χ4n) is 3.55. The van der Waals surface area contributed by atoms with Gasteiger partial charge >= 0.3 is 0 Å². The standard InChI is InChI=1S/C20H25N5O/c1-23(20(26)19-12-22-24(2)15-19)13-16-6-8-25(9-7-16)14-18-5-3-4-17(10-18)11-21/h3-5,10,12,15-16H,6-9,13-14H2,1-2H3. The van der Waals surface area contributed by atoms with E-state index in [0.717, 1.165) is 39.0 Å². The van der Waals surface area contributed by atoms with E-state index in [1.807, 2.05) is 37.2 Å². The molecule has 0 bridgehead atoms. The van der Waals surface area contributed by atoms with Gasteiger partial charge in [-0.05, 0) is 49.5 Å². The van der Waals surface area contributed by atoms with E-state index in [-0.39, 0.29) is 5.91 Å². The average molecular weight is 351 g/mol. The topological polar surface area (TPSA) is 65.2 Å². The number of nitrogens with zero attached hydrogens (tertiary/aromatic N) is 5. The molecule has 1 aromatic heterocycles. The molecular weight excluding hydrogens is 326 g/mol. The Bertz CT molecular complexity index is 799. The second kappa shape index (κ2) is 8.15. The fraction of sp³-hybridized carbons (Fsp3) is 0.450. The number of carbonyl (C=O) groups is 1. The first-order chi connectivity index (χ1) is 12.5. The number of aryl methyl sites for hydroxylation is 1. The highest BCUT2D eigenvalue weighted by molar-refractivity contribution is 5.93. The molecule has 0 aliphatic carbocycles. The quantitative estimate of drug-likeness (QED) is 0.829. The molecule has 1 amide bonds. The van der Waals surface area contributed by atoms with Gasteiger partial charge in [-0.1, -0.05) is 12.1 Å². The van der Waals surface area contributed by atoms with Gasteiger partial charge in [0.25, 0.3) is 5.91 Å². The third-order valence-electron chi connectivity index (χ3n) is 5.00. The minimum atomic E-state index is 0.0360. The molecule has 2 heterocycles. The first-order valence-corrected chi connectivity index (χ1v) is 9.00. The number of carbonyl (C=O) groups excluding carboxylic acids is 1. The van der Waals surface area contributed by atoms with Gasteiger partial charge < -0.3 is 4.90 Å². The molecule has 3 rings (SSSR count). The number of piperidine rings is 1. The van der Waals surface area contributed by atoms with Crippen molar-refractivity contribution in [1.82, 2.24) is 19.6 Å². The Hall–Kier alpha value is -2.65. The highest BCUT2D eigenvalue weighted by atomic mass is 16.2. The summed E-state index contributed by atoms with van der Waals surface area (Å²) < 4.78 is 1.65. The fourth-order valence-corrected chi connectivity index (χ4v) is 3.55. The number of amides is 1. The molecule has 0 radical (unpaired) electrons. The van der Waals surface area contributed by atoms with E-state index in [0.29, 0.717) is 17.0 Å². The van der Waals surface area contributed by atoms with Crippen molar-refractivity contribution in [2.75, 3.05) is 26.7 Å². The molecule has 6 nitrogen and oxygen atoms in total. The number of benzene rings is 1. The van der Waals surface area contributed by atoms with Crippen LogP contribution in [0.15, 0.2) is 36.7 Å². The molecule has 0 saturated carbocycles. The zero-order valence-corrected chi connectivity index (χ0v) is 15.4. The molecule has 26 heavy (non-hydrogen) atoms. The zero-order valence-electron chi connectivity index (χ0n) is 15.4. The first kappa shape index (κ1) is 18.2. The Labute approximate surface area is 154 Å². The number of aromatic nitrogens is 2. The van der Waals surface area contributed by atoms with Crippen molar-refractivity contribution >= 4 is 5.91 Å². The highest BCUT2D eigenvalue weighted by Crippen LogP contribution is 2.20. The minimum absolute atomic E-state index is 0.0360. The molecule has 0 N–H and O–H groups in total. The Morgan fingerprint density at radius 3 is 2.81 bits per heavy atom. The number of likely N-dealkylation sites (tertiary alicyclic amines) is 1. The van der Waals surface area contributed by atoms with E-state index in [1.54, 1.807) is 17.1 Å². The largest absolute Gasteiger partial charge is 0.341 e.